The lowest BCUT2D eigenvalue weighted by atomic mass is 9.76. The van der Waals surface area contributed by atoms with Gasteiger partial charge in [0.15, 0.2) is 10.1 Å². The number of Topliss-reactive ketones (excluding diaryl/α,β-unsaturated/α-hetero) is 1. The van der Waals surface area contributed by atoms with Crippen LogP contribution >= 0.6 is 23.1 Å². The number of hydrogen-bond donors (Lipinski definition) is 2. The lowest BCUT2D eigenvalue weighted by Crippen LogP contribution is -2.38. The molecule has 1 unspecified atom stereocenters. The molecule has 0 radical (unpaired) electrons. The van der Waals surface area contributed by atoms with Crippen LogP contribution in [0.25, 0.3) is 0 Å². The van der Waals surface area contributed by atoms with Crippen LogP contribution in [0.5, 0.6) is 5.75 Å². The van der Waals surface area contributed by atoms with Crippen LogP contribution in [0.1, 0.15) is 43.2 Å². The van der Waals surface area contributed by atoms with Gasteiger partial charge in [-0.05, 0) is 49.6 Å². The van der Waals surface area contributed by atoms with Crippen molar-refractivity contribution in [3.8, 4) is 17.9 Å². The number of aromatic nitrogens is 2. The first-order valence-electron chi connectivity index (χ1n) is 12.9. The highest BCUT2D eigenvalue weighted by Crippen LogP contribution is 2.47. The van der Waals surface area contributed by atoms with Crippen molar-refractivity contribution in [3.63, 3.8) is 0 Å². The van der Waals surface area contributed by atoms with Crippen LogP contribution in [0, 0.1) is 22.7 Å². The van der Waals surface area contributed by atoms with Gasteiger partial charge in [-0.2, -0.15) is 10.5 Å². The highest BCUT2D eigenvalue weighted by molar-refractivity contribution is 8.01. The molecular weight excluding hydrogens is 558 g/mol. The van der Waals surface area contributed by atoms with Crippen LogP contribution in [0.3, 0.4) is 0 Å². The Morgan fingerprint density at radius 2 is 1.95 bits per heavy atom. The maximum Gasteiger partial charge on any atom is 0.234 e. The highest BCUT2D eigenvalue weighted by atomic mass is 32.2. The number of thioether (sulfide) groups is 1. The Hall–Kier alpha value is -4.65. The fraction of sp³-hybridized carbons (Fsp3) is 0.241. The van der Waals surface area contributed by atoms with Gasteiger partial charge in [0, 0.05) is 17.7 Å². The van der Waals surface area contributed by atoms with Gasteiger partial charge in [0.2, 0.25) is 11.0 Å². The van der Waals surface area contributed by atoms with Gasteiger partial charge >= 0.3 is 0 Å². The topological polar surface area (TPSA) is 158 Å². The number of rotatable bonds is 8. The molecule has 5 rings (SSSR count). The largest absolute Gasteiger partial charge is 0.494 e. The smallest absolute Gasteiger partial charge is 0.234 e. The molecule has 2 aliphatic rings. The maximum absolute atomic E-state index is 13.3. The first kappa shape index (κ1) is 27.9. The SMILES string of the molecule is CCOc1ccc(C2C(C#N)=C(N)N(c3nnc(SCC(=O)Nc4ccccc4C#N)s3)C3=C2C(=O)CCC3)cc1. The van der Waals surface area contributed by atoms with Gasteiger partial charge < -0.3 is 15.8 Å². The Balaban J connectivity index is 1.41. The fourth-order valence-electron chi connectivity index (χ4n) is 4.92. The molecule has 1 aliphatic heterocycles. The summed E-state index contributed by atoms with van der Waals surface area (Å²) in [6, 6.07) is 18.4. The summed E-state index contributed by atoms with van der Waals surface area (Å²) in [5.74, 6) is 0.0589. The van der Waals surface area contributed by atoms with Crippen LogP contribution in [0.4, 0.5) is 10.8 Å². The number of benzene rings is 2. The van der Waals surface area contributed by atoms with Crippen molar-refractivity contribution in [1.82, 2.24) is 10.2 Å². The number of allylic oxidation sites excluding steroid dienone is 3. The third kappa shape index (κ3) is 5.66. The van der Waals surface area contributed by atoms with Crippen LogP contribution in [0.2, 0.25) is 0 Å². The zero-order valence-corrected chi connectivity index (χ0v) is 23.7. The maximum atomic E-state index is 13.3. The van der Waals surface area contributed by atoms with E-state index in [0.717, 1.165) is 11.3 Å². The van der Waals surface area contributed by atoms with Gasteiger partial charge in [-0.1, -0.05) is 47.4 Å². The van der Waals surface area contributed by atoms with Gasteiger partial charge in [0.1, 0.15) is 17.6 Å². The van der Waals surface area contributed by atoms with E-state index in [9.17, 15) is 20.1 Å². The molecule has 0 bridgehead atoms. The molecule has 0 saturated carbocycles. The van der Waals surface area contributed by atoms with Crippen LogP contribution in [0.15, 0.2) is 75.5 Å². The summed E-state index contributed by atoms with van der Waals surface area (Å²) in [4.78, 5) is 27.5. The van der Waals surface area contributed by atoms with Crippen molar-refractivity contribution >= 4 is 45.6 Å². The molecule has 0 fully saturated rings. The van der Waals surface area contributed by atoms with E-state index in [1.165, 1.54) is 23.1 Å². The molecule has 10 nitrogen and oxygen atoms in total. The fourth-order valence-corrected chi connectivity index (χ4v) is 6.60. The van der Waals surface area contributed by atoms with Crippen molar-refractivity contribution in [2.45, 2.75) is 36.4 Å². The minimum absolute atomic E-state index is 0.0242. The zero-order chi connectivity index (χ0) is 28.9. The van der Waals surface area contributed by atoms with Gasteiger partial charge in [-0.15, -0.1) is 10.2 Å². The quantitative estimate of drug-likeness (QED) is 0.351. The molecule has 1 aliphatic carbocycles. The number of nitrogens with zero attached hydrogens (tertiary/aromatic N) is 5. The summed E-state index contributed by atoms with van der Waals surface area (Å²) in [6.45, 7) is 2.44. The number of hydrogen-bond acceptors (Lipinski definition) is 11. The first-order valence-corrected chi connectivity index (χ1v) is 14.7. The third-order valence-electron chi connectivity index (χ3n) is 6.67. The third-order valence-corrected chi connectivity index (χ3v) is 8.71. The standard InChI is InChI=1S/C29H25N7O3S2/c1-2-39-19-12-10-17(11-13-19)25-20(15-31)27(32)36(22-8-5-9-23(37)26(22)25)28-34-35-29(41-28)40-16-24(38)33-21-7-4-3-6-18(21)14-30/h3-4,6-7,10-13,25H,2,5,8-9,16,32H2,1H3,(H,33,38). The van der Waals surface area contributed by atoms with E-state index >= 15 is 0 Å². The first-order chi connectivity index (χ1) is 19.9. The van der Waals surface area contributed by atoms with E-state index in [1.807, 2.05) is 31.2 Å². The van der Waals surface area contributed by atoms with E-state index in [1.54, 1.807) is 29.2 Å². The summed E-state index contributed by atoms with van der Waals surface area (Å²) in [5, 5.41) is 31.1. The summed E-state index contributed by atoms with van der Waals surface area (Å²) >= 11 is 2.41. The number of nitrogens with two attached hydrogens (primary N) is 1. The number of amides is 1. The molecule has 1 atom stereocenters. The molecule has 1 amide bonds. The molecule has 3 aromatic rings. The monoisotopic (exact) mass is 583 g/mol. The second-order valence-corrected chi connectivity index (χ2v) is 11.3. The molecular formula is C29H25N7O3S2. The Morgan fingerprint density at radius 1 is 1.17 bits per heavy atom. The zero-order valence-electron chi connectivity index (χ0n) is 22.1. The van der Waals surface area contributed by atoms with Gasteiger partial charge in [0.05, 0.1) is 41.2 Å². The molecule has 0 saturated heterocycles. The van der Waals surface area contributed by atoms with Crippen LogP contribution in [-0.4, -0.2) is 34.2 Å². The van der Waals surface area contributed by atoms with E-state index in [4.69, 9.17) is 10.5 Å². The molecule has 0 spiro atoms. The number of ether oxygens (including phenoxy) is 1. The Kier molecular flexibility index (Phi) is 8.34. The molecule has 206 valence electrons. The number of carbonyl (C=O) groups is 2. The van der Waals surface area contributed by atoms with E-state index in [2.05, 4.69) is 27.7 Å². The molecule has 1 aromatic heterocycles. The van der Waals surface area contributed by atoms with Gasteiger partial charge in [-0.3, -0.25) is 14.5 Å². The second kappa shape index (κ2) is 12.3. The minimum Gasteiger partial charge on any atom is -0.494 e. The van der Waals surface area contributed by atoms with E-state index < -0.39 is 5.92 Å². The summed E-state index contributed by atoms with van der Waals surface area (Å²) in [6.07, 6.45) is 1.64. The van der Waals surface area contributed by atoms with Crippen molar-refractivity contribution < 1.29 is 14.3 Å². The number of nitrogens with one attached hydrogen (secondary N) is 1. The minimum atomic E-state index is -0.587. The average Bonchev–Trinajstić information content (AvgIpc) is 3.45. The molecule has 12 heteroatoms. The van der Waals surface area contributed by atoms with Crippen molar-refractivity contribution in [1.29, 1.82) is 10.5 Å². The molecule has 2 heterocycles. The Morgan fingerprint density at radius 3 is 2.68 bits per heavy atom. The predicted octanol–water partition coefficient (Wildman–Crippen LogP) is 4.84. The summed E-state index contributed by atoms with van der Waals surface area (Å²) < 4.78 is 6.08. The van der Waals surface area contributed by atoms with Crippen LogP contribution < -0.4 is 20.7 Å². The van der Waals surface area contributed by atoms with Crippen molar-refractivity contribution in [2.24, 2.45) is 5.73 Å². The number of nitriles is 2. The number of anilines is 2. The van der Waals surface area contributed by atoms with Crippen LogP contribution in [-0.2, 0) is 9.59 Å². The van der Waals surface area contributed by atoms with E-state index in [0.29, 0.717) is 57.9 Å². The Bertz CT molecular complexity index is 1650. The number of carbonyl (C=O) groups excluding carboxylic acids is 2. The number of ketones is 1. The summed E-state index contributed by atoms with van der Waals surface area (Å²) in [5.41, 5.74) is 9.76. The van der Waals surface area contributed by atoms with Crippen molar-refractivity contribution in [2.75, 3.05) is 22.6 Å². The molecule has 41 heavy (non-hydrogen) atoms. The number of para-hydroxylation sites is 1. The van der Waals surface area contributed by atoms with Gasteiger partial charge in [0.25, 0.3) is 0 Å². The lowest BCUT2D eigenvalue weighted by molar-refractivity contribution is -0.116. The van der Waals surface area contributed by atoms with Crippen molar-refractivity contribution in [3.05, 3.63) is 82.3 Å². The molecule has 2 aromatic carbocycles. The summed E-state index contributed by atoms with van der Waals surface area (Å²) in [7, 11) is 0. The van der Waals surface area contributed by atoms with Gasteiger partial charge in [-0.25, -0.2) is 0 Å². The highest BCUT2D eigenvalue weighted by Gasteiger charge is 2.41. The second-order valence-electron chi connectivity index (χ2n) is 9.16. The lowest BCUT2D eigenvalue weighted by Gasteiger charge is -2.38. The normalized spacial score (nSPS) is 16.6. The average molecular weight is 584 g/mol. The predicted molar refractivity (Wildman–Crippen MR) is 156 cm³/mol. The van der Waals surface area contributed by atoms with E-state index in [-0.39, 0.29) is 28.8 Å². The molecule has 3 N–H and O–H groups in total. The Labute approximate surface area is 245 Å².